The van der Waals surface area contributed by atoms with Crippen LogP contribution >= 0.6 is 15.9 Å². The lowest BCUT2D eigenvalue weighted by atomic mass is 9.90. The first kappa shape index (κ1) is 15.1. The Hall–Kier alpha value is -1.32. The average molecular weight is 334 g/mol. The molecule has 0 bridgehead atoms. The second-order valence-electron chi connectivity index (χ2n) is 5.42. The first-order valence-electron chi connectivity index (χ1n) is 6.67. The molecule has 0 aliphatic heterocycles. The van der Waals surface area contributed by atoms with Crippen molar-refractivity contribution in [3.63, 3.8) is 0 Å². The maximum Gasteiger partial charge on any atom is 0.0828 e. The third-order valence-corrected chi connectivity index (χ3v) is 4.20. The van der Waals surface area contributed by atoms with Gasteiger partial charge in [-0.1, -0.05) is 40.2 Å². The molecule has 0 heterocycles. The molecule has 0 radical (unpaired) electrons. The van der Waals surface area contributed by atoms with Gasteiger partial charge in [0.2, 0.25) is 0 Å². The molecule has 0 spiro atoms. The summed E-state index contributed by atoms with van der Waals surface area (Å²) in [5, 5.41) is 13.3. The van der Waals surface area contributed by atoms with Gasteiger partial charge in [0.15, 0.2) is 0 Å². The highest BCUT2D eigenvalue weighted by Gasteiger charge is 2.26. The fourth-order valence-electron chi connectivity index (χ4n) is 2.17. The summed E-state index contributed by atoms with van der Waals surface area (Å²) in [6, 6.07) is 14.3. The lowest BCUT2D eigenvalue weighted by Gasteiger charge is -2.31. The molecule has 106 valence electrons. The zero-order valence-corrected chi connectivity index (χ0v) is 13.7. The lowest BCUT2D eigenvalue weighted by Crippen LogP contribution is -2.36. The molecule has 20 heavy (non-hydrogen) atoms. The second kappa shape index (κ2) is 5.98. The predicted molar refractivity (Wildman–Crippen MR) is 88.1 cm³/mol. The molecule has 0 saturated carbocycles. The van der Waals surface area contributed by atoms with Crippen molar-refractivity contribution >= 4 is 21.6 Å². The van der Waals surface area contributed by atoms with E-state index in [9.17, 15) is 5.11 Å². The zero-order chi connectivity index (χ0) is 14.8. The molecule has 0 aliphatic carbocycles. The molecule has 0 amide bonds. The molecule has 2 rings (SSSR count). The summed E-state index contributed by atoms with van der Waals surface area (Å²) in [5.41, 5.74) is 4.06. The molecule has 0 saturated heterocycles. The normalized spacial score (nSPS) is 13.8. The molecule has 0 fully saturated rings. The Balaban J connectivity index is 2.35. The van der Waals surface area contributed by atoms with Crippen LogP contribution in [0.1, 0.15) is 23.6 Å². The predicted octanol–water partition coefficient (Wildman–Crippen LogP) is 4.39. The van der Waals surface area contributed by atoms with Crippen molar-refractivity contribution in [2.24, 2.45) is 0 Å². The van der Waals surface area contributed by atoms with Gasteiger partial charge in [-0.3, -0.25) is 0 Å². The molecule has 1 unspecified atom stereocenters. The van der Waals surface area contributed by atoms with Crippen LogP contribution in [-0.2, 0) is 5.54 Å². The van der Waals surface area contributed by atoms with Crippen molar-refractivity contribution in [2.75, 3.05) is 11.9 Å². The third kappa shape index (κ3) is 3.22. The van der Waals surface area contributed by atoms with Gasteiger partial charge >= 0.3 is 0 Å². The largest absolute Gasteiger partial charge is 0.394 e. The summed E-state index contributed by atoms with van der Waals surface area (Å²) in [6.45, 7) is 6.23. The van der Waals surface area contributed by atoms with E-state index in [0.29, 0.717) is 0 Å². The number of hydrogen-bond acceptors (Lipinski definition) is 2. The quantitative estimate of drug-likeness (QED) is 0.869. The highest BCUT2D eigenvalue weighted by atomic mass is 79.9. The standard InChI is InChI=1S/C17H20BrNO/c1-12-7-8-14(9-13(12)2)17(3,11-20)19-16-6-4-5-15(18)10-16/h4-10,19-20H,11H2,1-3H3. The van der Waals surface area contributed by atoms with E-state index in [0.717, 1.165) is 15.7 Å². The van der Waals surface area contributed by atoms with E-state index in [4.69, 9.17) is 0 Å². The minimum absolute atomic E-state index is 0.0298. The number of halogens is 1. The van der Waals surface area contributed by atoms with Crippen molar-refractivity contribution in [1.82, 2.24) is 0 Å². The second-order valence-corrected chi connectivity index (χ2v) is 6.34. The molecule has 0 aromatic heterocycles. The SMILES string of the molecule is Cc1ccc(C(C)(CO)Nc2cccc(Br)c2)cc1C. The van der Waals surface area contributed by atoms with Crippen LogP contribution in [0, 0.1) is 13.8 Å². The minimum atomic E-state index is -0.501. The highest BCUT2D eigenvalue weighted by molar-refractivity contribution is 9.10. The van der Waals surface area contributed by atoms with Crippen LogP contribution in [0.3, 0.4) is 0 Å². The summed E-state index contributed by atoms with van der Waals surface area (Å²) in [7, 11) is 0. The van der Waals surface area contributed by atoms with Gasteiger partial charge in [-0.05, 0) is 55.7 Å². The summed E-state index contributed by atoms with van der Waals surface area (Å²) in [4.78, 5) is 0. The molecule has 2 nitrogen and oxygen atoms in total. The van der Waals surface area contributed by atoms with Crippen LogP contribution in [0.25, 0.3) is 0 Å². The number of anilines is 1. The molecule has 1 atom stereocenters. The van der Waals surface area contributed by atoms with Gasteiger partial charge in [-0.2, -0.15) is 0 Å². The minimum Gasteiger partial charge on any atom is -0.394 e. The van der Waals surface area contributed by atoms with E-state index in [1.165, 1.54) is 11.1 Å². The van der Waals surface area contributed by atoms with E-state index in [1.807, 2.05) is 31.2 Å². The Morgan fingerprint density at radius 2 is 1.85 bits per heavy atom. The van der Waals surface area contributed by atoms with Crippen LogP contribution in [0.4, 0.5) is 5.69 Å². The Morgan fingerprint density at radius 1 is 1.10 bits per heavy atom. The van der Waals surface area contributed by atoms with Gasteiger partial charge in [0.25, 0.3) is 0 Å². The summed E-state index contributed by atoms with van der Waals surface area (Å²) >= 11 is 3.47. The van der Waals surface area contributed by atoms with Crippen molar-refractivity contribution < 1.29 is 5.11 Å². The smallest absolute Gasteiger partial charge is 0.0828 e. The average Bonchev–Trinajstić information content (AvgIpc) is 2.41. The molecular weight excluding hydrogens is 314 g/mol. The van der Waals surface area contributed by atoms with Gasteiger partial charge in [0, 0.05) is 10.2 Å². The van der Waals surface area contributed by atoms with Crippen LogP contribution in [0.15, 0.2) is 46.9 Å². The van der Waals surface area contributed by atoms with Gasteiger partial charge in [-0.15, -0.1) is 0 Å². The van der Waals surface area contributed by atoms with Gasteiger partial charge < -0.3 is 10.4 Å². The number of aliphatic hydroxyl groups excluding tert-OH is 1. The number of hydrogen-bond donors (Lipinski definition) is 2. The Labute approximate surface area is 129 Å². The zero-order valence-electron chi connectivity index (χ0n) is 12.1. The van der Waals surface area contributed by atoms with Crippen LogP contribution in [0.2, 0.25) is 0 Å². The van der Waals surface area contributed by atoms with E-state index in [1.54, 1.807) is 0 Å². The van der Waals surface area contributed by atoms with E-state index >= 15 is 0 Å². The summed E-state index contributed by atoms with van der Waals surface area (Å²) < 4.78 is 1.02. The molecule has 2 aromatic rings. The molecular formula is C17H20BrNO. The van der Waals surface area contributed by atoms with E-state index < -0.39 is 5.54 Å². The summed E-state index contributed by atoms with van der Waals surface area (Å²) in [5.74, 6) is 0. The topological polar surface area (TPSA) is 32.3 Å². The molecule has 2 N–H and O–H groups in total. The van der Waals surface area contributed by atoms with Crippen molar-refractivity contribution in [3.8, 4) is 0 Å². The van der Waals surface area contributed by atoms with E-state index in [2.05, 4.69) is 53.3 Å². The van der Waals surface area contributed by atoms with Crippen LogP contribution < -0.4 is 5.32 Å². The van der Waals surface area contributed by atoms with Gasteiger partial charge in [0.1, 0.15) is 0 Å². The monoisotopic (exact) mass is 333 g/mol. The maximum absolute atomic E-state index is 9.86. The fourth-order valence-corrected chi connectivity index (χ4v) is 2.57. The number of nitrogens with one attached hydrogen (secondary N) is 1. The number of benzene rings is 2. The van der Waals surface area contributed by atoms with Crippen LogP contribution in [0.5, 0.6) is 0 Å². The Kier molecular flexibility index (Phi) is 4.51. The first-order valence-corrected chi connectivity index (χ1v) is 7.46. The Bertz CT molecular complexity index is 612. The lowest BCUT2D eigenvalue weighted by molar-refractivity contribution is 0.224. The van der Waals surface area contributed by atoms with Gasteiger partial charge in [0.05, 0.1) is 12.1 Å². The highest BCUT2D eigenvalue weighted by Crippen LogP contribution is 2.28. The first-order chi connectivity index (χ1) is 9.44. The molecule has 3 heteroatoms. The van der Waals surface area contributed by atoms with Crippen LogP contribution in [-0.4, -0.2) is 11.7 Å². The molecule has 0 aliphatic rings. The maximum atomic E-state index is 9.86. The van der Waals surface area contributed by atoms with Crippen molar-refractivity contribution in [1.29, 1.82) is 0 Å². The van der Waals surface area contributed by atoms with E-state index in [-0.39, 0.29) is 6.61 Å². The number of aliphatic hydroxyl groups is 1. The Morgan fingerprint density at radius 3 is 2.45 bits per heavy atom. The third-order valence-electron chi connectivity index (χ3n) is 3.71. The van der Waals surface area contributed by atoms with Crippen molar-refractivity contribution in [2.45, 2.75) is 26.3 Å². The molecule has 2 aromatic carbocycles. The number of aryl methyl sites for hydroxylation is 2. The number of rotatable bonds is 4. The summed E-state index contributed by atoms with van der Waals surface area (Å²) in [6.07, 6.45) is 0. The van der Waals surface area contributed by atoms with Crippen molar-refractivity contribution in [3.05, 3.63) is 63.6 Å². The fraction of sp³-hybridized carbons (Fsp3) is 0.294. The van der Waals surface area contributed by atoms with Gasteiger partial charge in [-0.25, -0.2) is 0 Å².